The average molecular weight is 322 g/mol. The van der Waals surface area contributed by atoms with Crippen LogP contribution in [0.2, 0.25) is 0 Å². The predicted molar refractivity (Wildman–Crippen MR) is 88.3 cm³/mol. The van der Waals surface area contributed by atoms with Crippen LogP contribution in [0.5, 0.6) is 0 Å². The number of rotatable bonds is 7. The van der Waals surface area contributed by atoms with Gasteiger partial charge in [0.15, 0.2) is 0 Å². The number of nitrogens with zero attached hydrogens (tertiary/aromatic N) is 1. The van der Waals surface area contributed by atoms with Crippen LogP contribution in [-0.4, -0.2) is 43.9 Å². The summed E-state index contributed by atoms with van der Waals surface area (Å²) in [6, 6.07) is 7.73. The Kier molecular flexibility index (Phi) is 6.74. The molecule has 0 unspecified atom stereocenters. The van der Waals surface area contributed by atoms with E-state index in [1.54, 1.807) is 16.7 Å². The maximum Gasteiger partial charge on any atom is 0.240 e. The summed E-state index contributed by atoms with van der Waals surface area (Å²) in [5.74, 6) is 0.621. The SMILES string of the molecule is CCOCCCNC(=O)CN1C(=O)CCSc2ccccc21. The lowest BCUT2D eigenvalue weighted by Crippen LogP contribution is -2.41. The van der Waals surface area contributed by atoms with Crippen LogP contribution in [-0.2, 0) is 14.3 Å². The fourth-order valence-electron chi connectivity index (χ4n) is 2.24. The summed E-state index contributed by atoms with van der Waals surface area (Å²) in [6.07, 6.45) is 1.23. The van der Waals surface area contributed by atoms with Crippen LogP contribution in [0.25, 0.3) is 0 Å². The summed E-state index contributed by atoms with van der Waals surface area (Å²) in [6.45, 7) is 3.91. The Morgan fingerprint density at radius 1 is 1.41 bits per heavy atom. The van der Waals surface area contributed by atoms with Gasteiger partial charge in [0.25, 0.3) is 0 Å². The fourth-order valence-corrected chi connectivity index (χ4v) is 3.24. The third-order valence-corrected chi connectivity index (χ3v) is 4.39. The molecular formula is C16H22N2O3S. The number of hydrogen-bond donors (Lipinski definition) is 1. The highest BCUT2D eigenvalue weighted by molar-refractivity contribution is 7.99. The largest absolute Gasteiger partial charge is 0.382 e. The highest BCUT2D eigenvalue weighted by atomic mass is 32.2. The van der Waals surface area contributed by atoms with Gasteiger partial charge in [-0.25, -0.2) is 0 Å². The number of amides is 2. The number of carbonyl (C=O) groups excluding carboxylic acids is 2. The molecule has 0 aliphatic carbocycles. The topological polar surface area (TPSA) is 58.6 Å². The van der Waals surface area contributed by atoms with Gasteiger partial charge in [-0.1, -0.05) is 12.1 Å². The minimum Gasteiger partial charge on any atom is -0.382 e. The molecule has 0 bridgehead atoms. The van der Waals surface area contributed by atoms with E-state index in [4.69, 9.17) is 4.74 Å². The third-order valence-electron chi connectivity index (χ3n) is 3.32. The van der Waals surface area contributed by atoms with Gasteiger partial charge in [-0.3, -0.25) is 9.59 Å². The van der Waals surface area contributed by atoms with Crippen molar-refractivity contribution in [2.24, 2.45) is 0 Å². The molecule has 22 heavy (non-hydrogen) atoms. The van der Waals surface area contributed by atoms with Crippen LogP contribution < -0.4 is 10.2 Å². The van der Waals surface area contributed by atoms with E-state index in [0.29, 0.717) is 26.2 Å². The molecule has 0 saturated heterocycles. The van der Waals surface area contributed by atoms with Crippen molar-refractivity contribution in [3.8, 4) is 0 Å². The zero-order valence-electron chi connectivity index (χ0n) is 12.8. The van der Waals surface area contributed by atoms with E-state index in [1.165, 1.54) is 0 Å². The zero-order valence-corrected chi connectivity index (χ0v) is 13.7. The Morgan fingerprint density at radius 3 is 3.05 bits per heavy atom. The highest BCUT2D eigenvalue weighted by Gasteiger charge is 2.24. The first-order valence-electron chi connectivity index (χ1n) is 7.59. The normalized spacial score (nSPS) is 14.4. The molecule has 0 atom stereocenters. The summed E-state index contributed by atoms with van der Waals surface area (Å²) in [7, 11) is 0. The van der Waals surface area contributed by atoms with E-state index in [-0.39, 0.29) is 18.4 Å². The van der Waals surface area contributed by atoms with Gasteiger partial charge in [-0.15, -0.1) is 11.8 Å². The van der Waals surface area contributed by atoms with Crippen molar-refractivity contribution in [2.75, 3.05) is 37.0 Å². The van der Waals surface area contributed by atoms with E-state index in [2.05, 4.69) is 5.32 Å². The van der Waals surface area contributed by atoms with Crippen molar-refractivity contribution in [2.45, 2.75) is 24.7 Å². The van der Waals surface area contributed by atoms with Crippen molar-refractivity contribution in [1.29, 1.82) is 0 Å². The Morgan fingerprint density at radius 2 is 2.23 bits per heavy atom. The molecule has 1 aromatic rings. The Labute approximate surface area is 135 Å². The third kappa shape index (κ3) is 4.74. The van der Waals surface area contributed by atoms with Gasteiger partial charge in [-0.05, 0) is 25.5 Å². The second-order valence-corrected chi connectivity index (χ2v) is 6.08. The van der Waals surface area contributed by atoms with Gasteiger partial charge in [0.2, 0.25) is 11.8 Å². The molecule has 0 aromatic heterocycles. The molecule has 1 N–H and O–H groups in total. The molecular weight excluding hydrogens is 300 g/mol. The number of benzene rings is 1. The molecule has 6 heteroatoms. The van der Waals surface area contributed by atoms with E-state index >= 15 is 0 Å². The van der Waals surface area contributed by atoms with Crippen LogP contribution in [0.1, 0.15) is 19.8 Å². The monoisotopic (exact) mass is 322 g/mol. The number of hydrogen-bond acceptors (Lipinski definition) is 4. The van der Waals surface area contributed by atoms with Crippen molar-refractivity contribution < 1.29 is 14.3 Å². The van der Waals surface area contributed by atoms with Crippen LogP contribution in [0.15, 0.2) is 29.2 Å². The van der Waals surface area contributed by atoms with Crippen LogP contribution in [0, 0.1) is 0 Å². The van der Waals surface area contributed by atoms with E-state index in [9.17, 15) is 9.59 Å². The van der Waals surface area contributed by atoms with Gasteiger partial charge < -0.3 is 15.0 Å². The maximum absolute atomic E-state index is 12.2. The summed E-state index contributed by atoms with van der Waals surface area (Å²) in [4.78, 5) is 26.9. The first-order valence-corrected chi connectivity index (χ1v) is 8.57. The number of anilines is 1. The van der Waals surface area contributed by atoms with Crippen LogP contribution in [0.4, 0.5) is 5.69 Å². The molecule has 1 heterocycles. The van der Waals surface area contributed by atoms with Crippen LogP contribution >= 0.6 is 11.8 Å². The second-order valence-electron chi connectivity index (χ2n) is 4.95. The smallest absolute Gasteiger partial charge is 0.240 e. The molecule has 1 aliphatic rings. The lowest BCUT2D eigenvalue weighted by Gasteiger charge is -2.22. The molecule has 2 amide bonds. The summed E-state index contributed by atoms with van der Waals surface area (Å²) >= 11 is 1.66. The first kappa shape index (κ1) is 16.8. The van der Waals surface area contributed by atoms with Gasteiger partial charge in [-0.2, -0.15) is 0 Å². The molecule has 120 valence electrons. The maximum atomic E-state index is 12.2. The van der Waals surface area contributed by atoms with E-state index < -0.39 is 0 Å². The van der Waals surface area contributed by atoms with Crippen molar-refractivity contribution in [3.05, 3.63) is 24.3 Å². The molecule has 1 aromatic carbocycles. The molecule has 0 saturated carbocycles. The van der Waals surface area contributed by atoms with Crippen molar-refractivity contribution >= 4 is 29.3 Å². The highest BCUT2D eigenvalue weighted by Crippen LogP contribution is 2.33. The second kappa shape index (κ2) is 8.80. The van der Waals surface area contributed by atoms with Crippen LogP contribution in [0.3, 0.4) is 0 Å². The van der Waals surface area contributed by atoms with E-state index in [0.717, 1.165) is 22.8 Å². The Balaban J connectivity index is 1.92. The van der Waals surface area contributed by atoms with Gasteiger partial charge in [0.05, 0.1) is 5.69 Å². The Hall–Kier alpha value is -1.53. The van der Waals surface area contributed by atoms with Gasteiger partial charge in [0.1, 0.15) is 6.54 Å². The Bertz CT molecular complexity index is 522. The lowest BCUT2D eigenvalue weighted by molar-refractivity contribution is -0.123. The van der Waals surface area contributed by atoms with Crippen molar-refractivity contribution in [1.82, 2.24) is 5.32 Å². The molecule has 1 aliphatic heterocycles. The molecule has 0 fully saturated rings. The minimum atomic E-state index is -0.133. The summed E-state index contributed by atoms with van der Waals surface area (Å²) in [5, 5.41) is 2.84. The standard InChI is InChI=1S/C16H22N2O3S/c1-2-21-10-5-9-17-15(19)12-18-13-6-3-4-7-14(13)22-11-8-16(18)20/h3-4,6-7H,2,5,8-12H2,1H3,(H,17,19). The van der Waals surface area contributed by atoms with Gasteiger partial charge >= 0.3 is 0 Å². The number of nitrogens with one attached hydrogen (secondary N) is 1. The molecule has 0 radical (unpaired) electrons. The quantitative estimate of drug-likeness (QED) is 0.781. The minimum absolute atomic E-state index is 0.00177. The first-order chi connectivity index (χ1) is 10.7. The summed E-state index contributed by atoms with van der Waals surface area (Å²) < 4.78 is 5.23. The van der Waals surface area contributed by atoms with Crippen molar-refractivity contribution in [3.63, 3.8) is 0 Å². The predicted octanol–water partition coefficient (Wildman–Crippen LogP) is 2.06. The number of ether oxygens (including phenoxy) is 1. The lowest BCUT2D eigenvalue weighted by atomic mass is 10.2. The molecule has 2 rings (SSSR count). The zero-order chi connectivity index (χ0) is 15.8. The number of para-hydroxylation sites is 1. The summed E-state index contributed by atoms with van der Waals surface area (Å²) in [5.41, 5.74) is 0.833. The van der Waals surface area contributed by atoms with Gasteiger partial charge in [0, 0.05) is 36.8 Å². The molecule has 0 spiro atoms. The number of carbonyl (C=O) groups is 2. The fraction of sp³-hybridized carbons (Fsp3) is 0.500. The number of thioether (sulfide) groups is 1. The molecule has 5 nitrogen and oxygen atoms in total. The average Bonchev–Trinajstić information content (AvgIpc) is 2.67. The van der Waals surface area contributed by atoms with E-state index in [1.807, 2.05) is 31.2 Å². The number of fused-ring (bicyclic) bond motifs is 1.